The average Bonchev–Trinajstić information content (AvgIpc) is 2.17. The van der Waals surface area contributed by atoms with E-state index in [4.69, 9.17) is 10.5 Å². The number of primary amides is 1. The lowest BCUT2D eigenvalue weighted by molar-refractivity contribution is -0.130. The first-order chi connectivity index (χ1) is 6.46. The van der Waals surface area contributed by atoms with Gasteiger partial charge in [-0.3, -0.25) is 9.69 Å². The molecule has 1 saturated heterocycles. The highest BCUT2D eigenvalue weighted by Crippen LogP contribution is 2.21. The van der Waals surface area contributed by atoms with Crippen molar-refractivity contribution >= 4 is 5.91 Å². The molecule has 4 heteroatoms. The van der Waals surface area contributed by atoms with E-state index >= 15 is 0 Å². The highest BCUT2D eigenvalue weighted by atomic mass is 16.5. The quantitative estimate of drug-likeness (QED) is 0.715. The molecule has 0 aromatic rings. The van der Waals surface area contributed by atoms with Crippen molar-refractivity contribution in [2.24, 2.45) is 5.73 Å². The van der Waals surface area contributed by atoms with Gasteiger partial charge in [0.1, 0.15) is 0 Å². The second kappa shape index (κ2) is 4.28. The molecule has 1 heterocycles. The second-order valence-electron chi connectivity index (χ2n) is 4.38. The molecule has 2 N–H and O–H groups in total. The maximum atomic E-state index is 11.3. The van der Waals surface area contributed by atoms with Crippen LogP contribution in [0, 0.1) is 0 Å². The van der Waals surface area contributed by atoms with Gasteiger partial charge in [0.05, 0.1) is 5.54 Å². The van der Waals surface area contributed by atoms with Gasteiger partial charge in [-0.25, -0.2) is 0 Å². The van der Waals surface area contributed by atoms with E-state index < -0.39 is 5.54 Å². The summed E-state index contributed by atoms with van der Waals surface area (Å²) in [6.07, 6.45) is 1.96. The molecular formula is C10H20N2O2. The number of hydrogen-bond acceptors (Lipinski definition) is 3. The van der Waals surface area contributed by atoms with Crippen LogP contribution in [0.2, 0.25) is 0 Å². The number of nitrogens with zero attached hydrogens (tertiary/aromatic N) is 1. The van der Waals surface area contributed by atoms with Crippen LogP contribution >= 0.6 is 0 Å². The minimum Gasteiger partial charge on any atom is -0.381 e. The smallest absolute Gasteiger partial charge is 0.237 e. The van der Waals surface area contributed by atoms with Gasteiger partial charge >= 0.3 is 0 Å². The van der Waals surface area contributed by atoms with Crippen LogP contribution in [-0.2, 0) is 9.53 Å². The normalized spacial score (nSPS) is 20.0. The first kappa shape index (κ1) is 11.5. The number of nitrogens with two attached hydrogens (primary N) is 1. The fraction of sp³-hybridized carbons (Fsp3) is 0.900. The monoisotopic (exact) mass is 200 g/mol. The number of carbonyl (C=O) groups excluding carboxylic acids is 1. The molecule has 82 valence electrons. The Kier molecular flexibility index (Phi) is 3.50. The van der Waals surface area contributed by atoms with E-state index in [1.807, 2.05) is 20.9 Å². The Morgan fingerprint density at radius 2 is 1.93 bits per heavy atom. The van der Waals surface area contributed by atoms with E-state index in [9.17, 15) is 4.79 Å². The molecule has 1 aliphatic rings. The maximum absolute atomic E-state index is 11.3. The first-order valence-corrected chi connectivity index (χ1v) is 5.07. The summed E-state index contributed by atoms with van der Waals surface area (Å²) in [4.78, 5) is 13.3. The number of hydrogen-bond donors (Lipinski definition) is 1. The third-order valence-corrected chi connectivity index (χ3v) is 3.22. The number of amides is 1. The summed E-state index contributed by atoms with van der Waals surface area (Å²) in [7, 11) is 1.96. The zero-order valence-electron chi connectivity index (χ0n) is 9.25. The molecule has 1 aliphatic heterocycles. The topological polar surface area (TPSA) is 55.6 Å². The predicted molar refractivity (Wildman–Crippen MR) is 54.9 cm³/mol. The third kappa shape index (κ3) is 2.25. The Labute approximate surface area is 85.4 Å². The number of likely N-dealkylation sites (N-methyl/N-ethyl adjacent to an activating group) is 1. The zero-order valence-corrected chi connectivity index (χ0v) is 9.25. The van der Waals surface area contributed by atoms with Crippen LogP contribution < -0.4 is 5.73 Å². The highest BCUT2D eigenvalue weighted by Gasteiger charge is 2.34. The van der Waals surface area contributed by atoms with Crippen molar-refractivity contribution in [3.63, 3.8) is 0 Å². The SMILES string of the molecule is CN(C1CCOCC1)C(C)(C)C(N)=O. The van der Waals surface area contributed by atoms with Gasteiger partial charge in [0, 0.05) is 19.3 Å². The Balaban J connectivity index is 2.62. The van der Waals surface area contributed by atoms with Crippen LogP contribution in [0.25, 0.3) is 0 Å². The minimum absolute atomic E-state index is 0.272. The lowest BCUT2D eigenvalue weighted by atomic mass is 9.97. The molecule has 0 aromatic heterocycles. The fourth-order valence-corrected chi connectivity index (χ4v) is 1.70. The first-order valence-electron chi connectivity index (χ1n) is 5.07. The van der Waals surface area contributed by atoms with Gasteiger partial charge in [-0.1, -0.05) is 0 Å². The molecule has 0 bridgehead atoms. The third-order valence-electron chi connectivity index (χ3n) is 3.22. The van der Waals surface area contributed by atoms with Crippen LogP contribution in [0.1, 0.15) is 26.7 Å². The van der Waals surface area contributed by atoms with Crippen LogP contribution in [-0.4, -0.2) is 42.6 Å². The fourth-order valence-electron chi connectivity index (χ4n) is 1.70. The highest BCUT2D eigenvalue weighted by molar-refractivity contribution is 5.83. The molecule has 0 unspecified atom stereocenters. The van der Waals surface area contributed by atoms with Crippen molar-refractivity contribution < 1.29 is 9.53 Å². The van der Waals surface area contributed by atoms with Gasteiger partial charge in [0.15, 0.2) is 0 Å². The van der Waals surface area contributed by atoms with E-state index in [1.54, 1.807) is 0 Å². The van der Waals surface area contributed by atoms with E-state index in [1.165, 1.54) is 0 Å². The Morgan fingerprint density at radius 1 is 1.43 bits per heavy atom. The summed E-state index contributed by atoms with van der Waals surface area (Å²) in [5.41, 5.74) is 4.80. The Morgan fingerprint density at radius 3 is 2.36 bits per heavy atom. The molecule has 0 radical (unpaired) electrons. The van der Waals surface area contributed by atoms with Crippen molar-refractivity contribution in [1.82, 2.24) is 4.90 Å². The summed E-state index contributed by atoms with van der Waals surface area (Å²) in [6.45, 7) is 5.29. The van der Waals surface area contributed by atoms with Gasteiger partial charge in [0.2, 0.25) is 5.91 Å². The van der Waals surface area contributed by atoms with Gasteiger partial charge in [0.25, 0.3) is 0 Å². The van der Waals surface area contributed by atoms with Crippen molar-refractivity contribution in [1.29, 1.82) is 0 Å². The standard InChI is InChI=1S/C10H20N2O2/c1-10(2,9(11)13)12(3)8-4-6-14-7-5-8/h8H,4-7H2,1-3H3,(H2,11,13). The molecule has 4 nitrogen and oxygen atoms in total. The summed E-state index contributed by atoms with van der Waals surface area (Å²) in [5, 5.41) is 0. The van der Waals surface area contributed by atoms with Gasteiger partial charge in [-0.05, 0) is 33.7 Å². The van der Waals surface area contributed by atoms with Crippen molar-refractivity contribution in [2.45, 2.75) is 38.3 Å². The van der Waals surface area contributed by atoms with Gasteiger partial charge < -0.3 is 10.5 Å². The van der Waals surface area contributed by atoms with Gasteiger partial charge in [-0.2, -0.15) is 0 Å². The molecule has 0 aromatic carbocycles. The molecule has 1 amide bonds. The van der Waals surface area contributed by atoms with Crippen molar-refractivity contribution in [2.75, 3.05) is 20.3 Å². The molecule has 0 saturated carbocycles. The Bertz CT molecular complexity index is 210. The second-order valence-corrected chi connectivity index (χ2v) is 4.38. The number of rotatable bonds is 3. The maximum Gasteiger partial charge on any atom is 0.237 e. The Hall–Kier alpha value is -0.610. The molecule has 0 spiro atoms. The number of carbonyl (C=O) groups is 1. The molecule has 0 aliphatic carbocycles. The summed E-state index contributed by atoms with van der Waals surface area (Å²) >= 11 is 0. The largest absolute Gasteiger partial charge is 0.381 e. The molecule has 14 heavy (non-hydrogen) atoms. The summed E-state index contributed by atoms with van der Waals surface area (Å²) in [5.74, 6) is -0.272. The lowest BCUT2D eigenvalue weighted by Crippen LogP contribution is -2.56. The van der Waals surface area contributed by atoms with Crippen LogP contribution in [0.5, 0.6) is 0 Å². The predicted octanol–water partition coefficient (Wildman–Crippen LogP) is 0.361. The lowest BCUT2D eigenvalue weighted by Gasteiger charge is -2.40. The van der Waals surface area contributed by atoms with Crippen LogP contribution in [0.4, 0.5) is 0 Å². The van der Waals surface area contributed by atoms with Crippen molar-refractivity contribution in [3.05, 3.63) is 0 Å². The summed E-state index contributed by atoms with van der Waals surface area (Å²) < 4.78 is 5.28. The van der Waals surface area contributed by atoms with E-state index in [2.05, 4.69) is 4.90 Å². The van der Waals surface area contributed by atoms with Gasteiger partial charge in [-0.15, -0.1) is 0 Å². The van der Waals surface area contributed by atoms with E-state index in [0.29, 0.717) is 6.04 Å². The van der Waals surface area contributed by atoms with E-state index in [0.717, 1.165) is 26.1 Å². The van der Waals surface area contributed by atoms with Crippen LogP contribution in [0.15, 0.2) is 0 Å². The van der Waals surface area contributed by atoms with Crippen LogP contribution in [0.3, 0.4) is 0 Å². The average molecular weight is 200 g/mol. The molecular weight excluding hydrogens is 180 g/mol. The molecule has 0 atom stereocenters. The number of ether oxygens (including phenoxy) is 1. The van der Waals surface area contributed by atoms with E-state index in [-0.39, 0.29) is 5.91 Å². The summed E-state index contributed by atoms with van der Waals surface area (Å²) in [6, 6.07) is 0.409. The molecule has 1 fully saturated rings. The molecule has 1 rings (SSSR count). The minimum atomic E-state index is -0.567. The zero-order chi connectivity index (χ0) is 10.8. The van der Waals surface area contributed by atoms with Crippen molar-refractivity contribution in [3.8, 4) is 0 Å².